The maximum Gasteiger partial charge on any atom is 0.123 e. The molecule has 0 radical (unpaired) electrons. The van der Waals surface area contributed by atoms with Gasteiger partial charge in [0.15, 0.2) is 0 Å². The Kier molecular flexibility index (Phi) is 4.38. The van der Waals surface area contributed by atoms with Gasteiger partial charge in [0, 0.05) is 11.8 Å². The summed E-state index contributed by atoms with van der Waals surface area (Å²) in [6.07, 6.45) is 0.768. The van der Waals surface area contributed by atoms with Crippen LogP contribution >= 0.6 is 11.6 Å². The molecule has 0 aliphatic carbocycles. The molecule has 0 bridgehead atoms. The molecule has 1 unspecified atom stereocenters. The van der Waals surface area contributed by atoms with Crippen LogP contribution in [0.2, 0.25) is 0 Å². The Morgan fingerprint density at radius 2 is 1.83 bits per heavy atom. The Hall–Kier alpha value is -1.34. The van der Waals surface area contributed by atoms with Crippen molar-refractivity contribution in [1.29, 1.82) is 0 Å². The van der Waals surface area contributed by atoms with E-state index in [1.807, 2.05) is 6.07 Å². The highest BCUT2D eigenvalue weighted by Gasteiger charge is 2.11. The molecule has 0 saturated carbocycles. The van der Waals surface area contributed by atoms with Crippen molar-refractivity contribution in [2.45, 2.75) is 19.3 Å². The molecule has 0 aliphatic rings. The second-order valence-electron chi connectivity index (χ2n) is 4.60. The maximum absolute atomic E-state index is 13.1. The number of halogens is 2. The van der Waals surface area contributed by atoms with Gasteiger partial charge in [0.05, 0.1) is 0 Å². The minimum atomic E-state index is -0.190. The van der Waals surface area contributed by atoms with E-state index >= 15 is 0 Å². The average Bonchev–Trinajstić information content (AvgIpc) is 2.37. The smallest absolute Gasteiger partial charge is 0.123 e. The highest BCUT2D eigenvalue weighted by atomic mass is 35.5. The van der Waals surface area contributed by atoms with E-state index in [1.165, 1.54) is 17.2 Å². The summed E-state index contributed by atoms with van der Waals surface area (Å²) in [4.78, 5) is 0. The number of aryl methyl sites for hydroxylation is 1. The van der Waals surface area contributed by atoms with E-state index in [1.54, 1.807) is 12.1 Å². The van der Waals surface area contributed by atoms with Crippen LogP contribution in [0.3, 0.4) is 0 Å². The lowest BCUT2D eigenvalue weighted by Gasteiger charge is -2.14. The van der Waals surface area contributed by atoms with Crippen LogP contribution in [0.4, 0.5) is 4.39 Å². The summed E-state index contributed by atoms with van der Waals surface area (Å²) >= 11 is 6.04. The molecule has 0 aliphatic heterocycles. The molecule has 2 aromatic carbocycles. The number of benzene rings is 2. The molecular formula is C16H16ClF. The summed E-state index contributed by atoms with van der Waals surface area (Å²) in [6, 6.07) is 15.1. The van der Waals surface area contributed by atoms with Crippen molar-refractivity contribution in [3.63, 3.8) is 0 Å². The van der Waals surface area contributed by atoms with Gasteiger partial charge in [0.1, 0.15) is 5.82 Å². The summed E-state index contributed by atoms with van der Waals surface area (Å²) in [6.45, 7) is 2.06. The molecule has 0 heterocycles. The highest BCUT2D eigenvalue weighted by Crippen LogP contribution is 2.23. The van der Waals surface area contributed by atoms with Crippen LogP contribution in [0.5, 0.6) is 0 Å². The third kappa shape index (κ3) is 3.33. The van der Waals surface area contributed by atoms with Gasteiger partial charge in [-0.05, 0) is 36.6 Å². The monoisotopic (exact) mass is 262 g/mol. The average molecular weight is 263 g/mol. The lowest BCUT2D eigenvalue weighted by Crippen LogP contribution is -2.05. The largest absolute Gasteiger partial charge is 0.207 e. The molecule has 0 N–H and O–H groups in total. The summed E-state index contributed by atoms with van der Waals surface area (Å²) in [5, 5.41) is 0. The standard InChI is InChI=1S/C16H16ClF/c1-12-5-7-14(8-6-12)15(11-17)9-13-3-2-4-16(18)10-13/h2-8,10,15H,9,11H2,1H3. The normalized spacial score (nSPS) is 12.4. The Balaban J connectivity index is 2.17. The van der Waals surface area contributed by atoms with E-state index in [0.717, 1.165) is 12.0 Å². The lowest BCUT2D eigenvalue weighted by molar-refractivity contribution is 0.623. The first-order valence-electron chi connectivity index (χ1n) is 6.06. The summed E-state index contributed by atoms with van der Waals surface area (Å²) < 4.78 is 13.1. The minimum Gasteiger partial charge on any atom is -0.207 e. The van der Waals surface area contributed by atoms with Gasteiger partial charge < -0.3 is 0 Å². The summed E-state index contributed by atoms with van der Waals surface area (Å²) in [5.74, 6) is 0.582. The van der Waals surface area contributed by atoms with Gasteiger partial charge in [-0.3, -0.25) is 0 Å². The molecule has 0 aromatic heterocycles. The second kappa shape index (κ2) is 6.01. The molecule has 1 atom stereocenters. The van der Waals surface area contributed by atoms with Crippen LogP contribution in [0.1, 0.15) is 22.6 Å². The van der Waals surface area contributed by atoms with Crippen LogP contribution in [-0.4, -0.2) is 5.88 Å². The van der Waals surface area contributed by atoms with Gasteiger partial charge in [-0.25, -0.2) is 4.39 Å². The van der Waals surface area contributed by atoms with Crippen LogP contribution in [0.15, 0.2) is 48.5 Å². The summed E-state index contributed by atoms with van der Waals surface area (Å²) in [5.41, 5.74) is 3.43. The van der Waals surface area contributed by atoms with Crippen molar-refractivity contribution < 1.29 is 4.39 Å². The molecular weight excluding hydrogens is 247 g/mol. The van der Waals surface area contributed by atoms with Crippen LogP contribution in [0, 0.1) is 12.7 Å². The molecule has 2 heteroatoms. The van der Waals surface area contributed by atoms with E-state index in [9.17, 15) is 4.39 Å². The third-order valence-electron chi connectivity index (χ3n) is 3.11. The topological polar surface area (TPSA) is 0 Å². The predicted molar refractivity (Wildman–Crippen MR) is 74.7 cm³/mol. The van der Waals surface area contributed by atoms with E-state index in [0.29, 0.717) is 5.88 Å². The molecule has 18 heavy (non-hydrogen) atoms. The fourth-order valence-electron chi connectivity index (χ4n) is 2.05. The molecule has 0 spiro atoms. The van der Waals surface area contributed by atoms with Gasteiger partial charge in [0.2, 0.25) is 0 Å². The van der Waals surface area contributed by atoms with Crippen molar-refractivity contribution in [3.05, 3.63) is 71.0 Å². The zero-order valence-corrected chi connectivity index (χ0v) is 11.1. The zero-order chi connectivity index (χ0) is 13.0. The Morgan fingerprint density at radius 1 is 1.11 bits per heavy atom. The van der Waals surface area contributed by atoms with Crippen LogP contribution in [0.25, 0.3) is 0 Å². The number of hydrogen-bond donors (Lipinski definition) is 0. The summed E-state index contributed by atoms with van der Waals surface area (Å²) in [7, 11) is 0. The van der Waals surface area contributed by atoms with Crippen molar-refractivity contribution in [1.82, 2.24) is 0 Å². The SMILES string of the molecule is Cc1ccc(C(CCl)Cc2cccc(F)c2)cc1. The van der Waals surface area contributed by atoms with Gasteiger partial charge in [-0.15, -0.1) is 11.6 Å². The van der Waals surface area contributed by atoms with Gasteiger partial charge >= 0.3 is 0 Å². The lowest BCUT2D eigenvalue weighted by atomic mass is 9.93. The van der Waals surface area contributed by atoms with Gasteiger partial charge in [0.25, 0.3) is 0 Å². The van der Waals surface area contributed by atoms with E-state index < -0.39 is 0 Å². The molecule has 2 rings (SSSR count). The van der Waals surface area contributed by atoms with E-state index in [4.69, 9.17) is 11.6 Å². The fourth-order valence-corrected chi connectivity index (χ4v) is 2.34. The fraction of sp³-hybridized carbons (Fsp3) is 0.250. The Bertz CT molecular complexity index is 505. The van der Waals surface area contributed by atoms with E-state index in [2.05, 4.69) is 31.2 Å². The van der Waals surface area contributed by atoms with Crippen LogP contribution < -0.4 is 0 Å². The Morgan fingerprint density at radius 3 is 2.44 bits per heavy atom. The predicted octanol–water partition coefficient (Wildman–Crippen LogP) is 4.70. The van der Waals surface area contributed by atoms with Gasteiger partial charge in [-0.1, -0.05) is 42.0 Å². The molecule has 94 valence electrons. The number of rotatable bonds is 4. The third-order valence-corrected chi connectivity index (χ3v) is 3.48. The molecule has 0 fully saturated rings. The molecule has 2 aromatic rings. The zero-order valence-electron chi connectivity index (χ0n) is 10.4. The maximum atomic E-state index is 13.1. The number of hydrogen-bond acceptors (Lipinski definition) is 0. The van der Waals surface area contributed by atoms with Crippen LogP contribution in [-0.2, 0) is 6.42 Å². The first-order valence-corrected chi connectivity index (χ1v) is 6.59. The first kappa shape index (κ1) is 13.1. The van der Waals surface area contributed by atoms with Gasteiger partial charge in [-0.2, -0.15) is 0 Å². The van der Waals surface area contributed by atoms with Crippen molar-refractivity contribution in [2.75, 3.05) is 5.88 Å². The molecule has 0 nitrogen and oxygen atoms in total. The first-order chi connectivity index (χ1) is 8.69. The quantitative estimate of drug-likeness (QED) is 0.701. The van der Waals surface area contributed by atoms with Crippen molar-refractivity contribution >= 4 is 11.6 Å². The molecule has 0 amide bonds. The van der Waals surface area contributed by atoms with Crippen molar-refractivity contribution in [2.24, 2.45) is 0 Å². The second-order valence-corrected chi connectivity index (χ2v) is 4.90. The number of alkyl halides is 1. The van der Waals surface area contributed by atoms with E-state index in [-0.39, 0.29) is 11.7 Å². The highest BCUT2D eigenvalue weighted by molar-refractivity contribution is 6.18. The Labute approximate surface area is 112 Å². The molecule has 0 saturated heterocycles. The minimum absolute atomic E-state index is 0.190. The van der Waals surface area contributed by atoms with Crippen molar-refractivity contribution in [3.8, 4) is 0 Å².